The second-order valence-electron chi connectivity index (χ2n) is 6.13. The van der Waals surface area contributed by atoms with Gasteiger partial charge in [-0.1, -0.05) is 45.9 Å². The van der Waals surface area contributed by atoms with E-state index in [1.807, 2.05) is 0 Å². The molecule has 2 heterocycles. The summed E-state index contributed by atoms with van der Waals surface area (Å²) in [5.74, 6) is 0.293. The standard InChI is InChI=1S/C15H17F3N2O5S2/c16-15(17,18)14(19-20-14)8-3-1-2-7(4-8)6-26-27-13-12(24)11(23)10(22)9(5-21)25-13/h1-4,9-13,21-24H,5-6H2/t9-,10-,11+,12+,13-/m1/s1. The lowest BCUT2D eigenvalue weighted by Crippen LogP contribution is -2.57. The molecule has 0 bridgehead atoms. The zero-order valence-electron chi connectivity index (χ0n) is 13.7. The van der Waals surface area contributed by atoms with E-state index in [0.29, 0.717) is 11.3 Å². The Morgan fingerprint density at radius 2 is 1.81 bits per heavy atom. The Hall–Kier alpha value is -0.890. The number of aliphatic hydroxyl groups is 4. The molecule has 0 aromatic heterocycles. The van der Waals surface area contributed by atoms with Crippen molar-refractivity contribution in [3.8, 4) is 0 Å². The monoisotopic (exact) mass is 426 g/mol. The minimum absolute atomic E-state index is 0.0639. The summed E-state index contributed by atoms with van der Waals surface area (Å²) in [7, 11) is 2.25. The Labute approximate surface area is 160 Å². The number of nitrogens with zero attached hydrogens (tertiary/aromatic N) is 2. The number of ether oxygens (including phenoxy) is 1. The molecule has 0 saturated carbocycles. The first-order chi connectivity index (χ1) is 12.7. The van der Waals surface area contributed by atoms with Crippen LogP contribution in [-0.4, -0.2) is 63.1 Å². The molecule has 150 valence electrons. The van der Waals surface area contributed by atoms with Gasteiger partial charge in [-0.15, -0.1) is 10.2 Å². The van der Waals surface area contributed by atoms with Gasteiger partial charge in [0.25, 0.3) is 0 Å². The Bertz CT molecular complexity index is 700. The minimum atomic E-state index is -4.59. The van der Waals surface area contributed by atoms with Gasteiger partial charge in [-0.3, -0.25) is 0 Å². The number of hydrogen-bond acceptors (Lipinski definition) is 9. The van der Waals surface area contributed by atoms with Gasteiger partial charge in [0.1, 0.15) is 29.9 Å². The molecule has 12 heteroatoms. The van der Waals surface area contributed by atoms with Gasteiger partial charge in [0.15, 0.2) is 0 Å². The molecule has 27 heavy (non-hydrogen) atoms. The number of rotatable bonds is 6. The average Bonchev–Trinajstić information content (AvgIpc) is 3.44. The van der Waals surface area contributed by atoms with Crippen molar-refractivity contribution in [3.05, 3.63) is 35.4 Å². The summed E-state index contributed by atoms with van der Waals surface area (Å²) in [6, 6.07) is 5.82. The molecule has 2 aliphatic heterocycles. The van der Waals surface area contributed by atoms with Gasteiger partial charge < -0.3 is 25.2 Å². The second-order valence-corrected chi connectivity index (χ2v) is 8.59. The third-order valence-electron chi connectivity index (χ3n) is 4.26. The van der Waals surface area contributed by atoms with E-state index in [1.165, 1.54) is 29.0 Å². The van der Waals surface area contributed by atoms with Crippen molar-refractivity contribution in [2.75, 3.05) is 6.61 Å². The quantitative estimate of drug-likeness (QED) is 0.510. The molecule has 5 atom stereocenters. The van der Waals surface area contributed by atoms with Crippen molar-refractivity contribution >= 4 is 21.6 Å². The molecule has 0 unspecified atom stereocenters. The van der Waals surface area contributed by atoms with Crippen molar-refractivity contribution in [1.82, 2.24) is 0 Å². The molecular formula is C15H17F3N2O5S2. The highest BCUT2D eigenvalue weighted by molar-refractivity contribution is 8.76. The smallest absolute Gasteiger partial charge is 0.394 e. The van der Waals surface area contributed by atoms with Gasteiger partial charge in [-0.05, 0) is 5.56 Å². The van der Waals surface area contributed by atoms with Crippen LogP contribution in [0.4, 0.5) is 13.2 Å². The van der Waals surface area contributed by atoms with Crippen LogP contribution in [0.3, 0.4) is 0 Å². The highest BCUT2D eigenvalue weighted by Gasteiger charge is 2.65. The minimum Gasteiger partial charge on any atom is -0.394 e. The topological polar surface area (TPSA) is 115 Å². The Kier molecular flexibility index (Phi) is 6.06. The SMILES string of the molecule is OC[C@H]1O[C@H](SSCc2cccc(C3(C(F)(F)F)N=N3)c2)[C@@H](O)[C@@H](O)[C@@H]1O. The zero-order chi connectivity index (χ0) is 19.8. The van der Waals surface area contributed by atoms with Gasteiger partial charge in [0, 0.05) is 11.3 Å². The fourth-order valence-corrected chi connectivity index (χ4v) is 5.11. The molecule has 4 N–H and O–H groups in total. The number of halogens is 3. The molecule has 1 aromatic carbocycles. The van der Waals surface area contributed by atoms with E-state index >= 15 is 0 Å². The normalized spacial score (nSPS) is 32.5. The number of benzene rings is 1. The second kappa shape index (κ2) is 7.85. The molecule has 7 nitrogen and oxygen atoms in total. The summed E-state index contributed by atoms with van der Waals surface area (Å²) in [4.78, 5) is 0. The first kappa shape index (κ1) is 20.8. The van der Waals surface area contributed by atoms with Crippen LogP contribution >= 0.6 is 21.6 Å². The van der Waals surface area contributed by atoms with Gasteiger partial charge in [0.2, 0.25) is 0 Å². The molecule has 2 aliphatic rings. The van der Waals surface area contributed by atoms with E-state index in [-0.39, 0.29) is 5.56 Å². The molecule has 1 saturated heterocycles. The number of alkyl halides is 3. The summed E-state index contributed by atoms with van der Waals surface area (Å²) in [5, 5.41) is 45.0. The average molecular weight is 426 g/mol. The Balaban J connectivity index is 1.59. The van der Waals surface area contributed by atoms with E-state index in [1.54, 1.807) is 6.07 Å². The molecule has 0 spiro atoms. The van der Waals surface area contributed by atoms with Gasteiger partial charge >= 0.3 is 11.8 Å². The highest BCUT2D eigenvalue weighted by Crippen LogP contribution is 2.52. The predicted molar refractivity (Wildman–Crippen MR) is 91.7 cm³/mol. The first-order valence-electron chi connectivity index (χ1n) is 7.88. The predicted octanol–water partition coefficient (Wildman–Crippen LogP) is 1.55. The summed E-state index contributed by atoms with van der Waals surface area (Å²) < 4.78 is 44.6. The molecule has 1 fully saturated rings. The van der Waals surface area contributed by atoms with Crippen LogP contribution in [0.1, 0.15) is 11.1 Å². The van der Waals surface area contributed by atoms with Gasteiger partial charge in [-0.2, -0.15) is 13.2 Å². The molecule has 1 aromatic rings. The lowest BCUT2D eigenvalue weighted by Gasteiger charge is -2.39. The van der Waals surface area contributed by atoms with E-state index < -0.39 is 48.3 Å². The summed E-state index contributed by atoms with van der Waals surface area (Å²) >= 11 is 0. The third-order valence-corrected chi connectivity index (χ3v) is 6.76. The fraction of sp³-hybridized carbons (Fsp3) is 0.600. The van der Waals surface area contributed by atoms with Crippen LogP contribution in [0, 0.1) is 0 Å². The molecule has 0 amide bonds. The maximum absolute atomic E-state index is 13.1. The molecule has 0 aliphatic carbocycles. The largest absolute Gasteiger partial charge is 0.442 e. The van der Waals surface area contributed by atoms with Gasteiger partial charge in [0.05, 0.1) is 6.61 Å². The van der Waals surface area contributed by atoms with Crippen molar-refractivity contribution < 1.29 is 38.3 Å². The maximum Gasteiger partial charge on any atom is 0.442 e. The summed E-state index contributed by atoms with van der Waals surface area (Å²) in [6.07, 6.45) is -9.88. The maximum atomic E-state index is 13.1. The third kappa shape index (κ3) is 4.11. The van der Waals surface area contributed by atoms with Crippen LogP contribution < -0.4 is 0 Å². The van der Waals surface area contributed by atoms with Crippen molar-refractivity contribution in [2.24, 2.45) is 10.2 Å². The number of aliphatic hydroxyl groups excluding tert-OH is 4. The molecule has 0 radical (unpaired) electrons. The van der Waals surface area contributed by atoms with Crippen molar-refractivity contribution in [1.29, 1.82) is 0 Å². The molecular weight excluding hydrogens is 409 g/mol. The van der Waals surface area contributed by atoms with Crippen molar-refractivity contribution in [2.45, 2.75) is 47.4 Å². The Morgan fingerprint density at radius 1 is 1.11 bits per heavy atom. The van der Waals surface area contributed by atoms with Crippen molar-refractivity contribution in [3.63, 3.8) is 0 Å². The zero-order valence-corrected chi connectivity index (χ0v) is 15.3. The Morgan fingerprint density at radius 3 is 2.41 bits per heavy atom. The molecule has 3 rings (SSSR count). The lowest BCUT2D eigenvalue weighted by molar-refractivity contribution is -0.205. The highest BCUT2D eigenvalue weighted by atomic mass is 33.1. The van der Waals surface area contributed by atoms with E-state index in [9.17, 15) is 28.5 Å². The van der Waals surface area contributed by atoms with Crippen LogP contribution in [-0.2, 0) is 16.2 Å². The van der Waals surface area contributed by atoms with E-state index in [4.69, 9.17) is 9.84 Å². The number of hydrogen-bond donors (Lipinski definition) is 4. The van der Waals surface area contributed by atoms with Crippen LogP contribution in [0.25, 0.3) is 0 Å². The lowest BCUT2D eigenvalue weighted by atomic mass is 10.0. The summed E-state index contributed by atoms with van der Waals surface area (Å²) in [5.41, 5.74) is -2.86. The van der Waals surface area contributed by atoms with Crippen LogP contribution in [0.2, 0.25) is 0 Å². The first-order valence-corrected chi connectivity index (χ1v) is 10.3. The van der Waals surface area contributed by atoms with Crippen LogP contribution in [0.5, 0.6) is 0 Å². The van der Waals surface area contributed by atoms with Crippen LogP contribution in [0.15, 0.2) is 34.5 Å². The fourth-order valence-electron chi connectivity index (χ4n) is 2.64. The summed E-state index contributed by atoms with van der Waals surface area (Å²) in [6.45, 7) is -0.527. The van der Waals surface area contributed by atoms with Gasteiger partial charge in [-0.25, -0.2) is 0 Å². The van der Waals surface area contributed by atoms with E-state index in [2.05, 4.69) is 10.2 Å². The van der Waals surface area contributed by atoms with E-state index in [0.717, 1.165) is 10.8 Å².